The Labute approximate surface area is 194 Å². The molecule has 2 bridgehead atoms. The summed E-state index contributed by atoms with van der Waals surface area (Å²) in [5, 5.41) is 20.6. The molecule has 5 aliphatic carbocycles. The first-order valence-corrected chi connectivity index (χ1v) is 13.7. The van der Waals surface area contributed by atoms with Gasteiger partial charge in [0, 0.05) is 18.4 Å². The van der Waals surface area contributed by atoms with Crippen molar-refractivity contribution in [2.24, 2.45) is 22.7 Å². The van der Waals surface area contributed by atoms with Gasteiger partial charge in [-0.25, -0.2) is 0 Å². The van der Waals surface area contributed by atoms with Gasteiger partial charge in [-0.1, -0.05) is 51.0 Å². The first-order chi connectivity index (χ1) is 15.4. The van der Waals surface area contributed by atoms with Crippen LogP contribution in [0.15, 0.2) is 22.8 Å². The Hall–Kier alpha value is -0.930. The Morgan fingerprint density at radius 2 is 1.62 bits per heavy atom. The van der Waals surface area contributed by atoms with Gasteiger partial charge in [0.1, 0.15) is 0 Å². The van der Waals surface area contributed by atoms with Gasteiger partial charge in [-0.3, -0.25) is 4.79 Å². The van der Waals surface area contributed by atoms with Gasteiger partial charge in [0.25, 0.3) is 0 Å². The van der Waals surface area contributed by atoms with Gasteiger partial charge in [0.05, 0.1) is 5.60 Å². The normalized spacial score (nSPS) is 40.2. The average Bonchev–Trinajstić information content (AvgIpc) is 3.15. The third kappa shape index (κ3) is 3.40. The van der Waals surface area contributed by atoms with Crippen molar-refractivity contribution in [3.05, 3.63) is 22.8 Å². The van der Waals surface area contributed by atoms with Crippen molar-refractivity contribution in [3.8, 4) is 0 Å². The quantitative estimate of drug-likeness (QED) is 0.406. The molecule has 0 radical (unpaired) electrons. The number of allylic oxidation sites excluding steroid dienone is 4. The van der Waals surface area contributed by atoms with E-state index in [2.05, 4.69) is 6.92 Å². The summed E-state index contributed by atoms with van der Waals surface area (Å²) in [6, 6.07) is 0. The largest absolute Gasteiger partial charge is 0.396 e. The molecule has 3 nitrogen and oxygen atoms in total. The number of aliphatic hydroxyl groups is 2. The maximum atomic E-state index is 12.2. The SMILES string of the molecule is C[C@]12C[C@H](CCCCCCCCCO)C3=C4CCC(=O)C=C4CC[C@H]3C13CCC2(O)CC3. The zero-order chi connectivity index (χ0) is 22.4. The van der Waals surface area contributed by atoms with Crippen LogP contribution < -0.4 is 0 Å². The lowest BCUT2D eigenvalue weighted by Gasteiger charge is -2.58. The van der Waals surface area contributed by atoms with Crippen molar-refractivity contribution < 1.29 is 15.0 Å². The molecule has 0 amide bonds. The van der Waals surface area contributed by atoms with Crippen molar-refractivity contribution in [3.63, 3.8) is 0 Å². The third-order valence-electron chi connectivity index (χ3n) is 10.8. The number of fused-ring (bicyclic) bond motifs is 2. The van der Waals surface area contributed by atoms with E-state index in [-0.39, 0.29) is 5.41 Å². The monoisotopic (exact) mass is 440 g/mol. The smallest absolute Gasteiger partial charge is 0.156 e. The van der Waals surface area contributed by atoms with E-state index in [0.29, 0.717) is 36.1 Å². The molecule has 3 fully saturated rings. The molecule has 0 aliphatic heterocycles. The molecule has 178 valence electrons. The van der Waals surface area contributed by atoms with Crippen LogP contribution in [-0.4, -0.2) is 28.2 Å². The summed E-state index contributed by atoms with van der Waals surface area (Å²) < 4.78 is 0. The molecular weight excluding hydrogens is 396 g/mol. The molecule has 0 saturated heterocycles. The van der Waals surface area contributed by atoms with Gasteiger partial charge in [-0.05, 0) is 98.7 Å². The number of carbonyl (C=O) groups excluding carboxylic acids is 1. The van der Waals surface area contributed by atoms with Crippen LogP contribution in [0.4, 0.5) is 0 Å². The molecule has 0 aromatic heterocycles. The Morgan fingerprint density at radius 1 is 0.938 bits per heavy atom. The van der Waals surface area contributed by atoms with Gasteiger partial charge in [0.2, 0.25) is 0 Å². The highest BCUT2D eigenvalue weighted by Gasteiger charge is 2.73. The van der Waals surface area contributed by atoms with Crippen LogP contribution in [0.5, 0.6) is 0 Å². The fraction of sp³-hybridized carbons (Fsp3) is 0.828. The summed E-state index contributed by atoms with van der Waals surface area (Å²) in [6.07, 6.45) is 21.3. The standard InChI is InChI=1S/C29H44O3/c1-27-20-22(9-7-5-3-2-4-6-8-18-30)26-24-12-11-23(31)19-21(24)10-13-25(26)28(27)14-16-29(27,32)17-15-28/h19,22,25,30,32H,2-18,20H2,1H3/t22-,25+,27-,28?,29?/m0/s1. The maximum absolute atomic E-state index is 12.2. The van der Waals surface area contributed by atoms with E-state index in [0.717, 1.165) is 44.9 Å². The average molecular weight is 441 g/mol. The highest BCUT2D eigenvalue weighted by Crippen LogP contribution is 2.78. The van der Waals surface area contributed by atoms with Crippen LogP contribution in [0.25, 0.3) is 0 Å². The van der Waals surface area contributed by atoms with E-state index in [9.17, 15) is 9.90 Å². The topological polar surface area (TPSA) is 57.5 Å². The second-order valence-electron chi connectivity index (χ2n) is 12.1. The number of hydrogen-bond donors (Lipinski definition) is 2. The molecule has 0 aromatic carbocycles. The second-order valence-corrected chi connectivity index (χ2v) is 12.1. The fourth-order valence-corrected chi connectivity index (χ4v) is 9.14. The Balaban J connectivity index is 1.36. The molecule has 2 N–H and O–H groups in total. The van der Waals surface area contributed by atoms with E-state index >= 15 is 0 Å². The van der Waals surface area contributed by atoms with Gasteiger partial charge >= 0.3 is 0 Å². The summed E-state index contributed by atoms with van der Waals surface area (Å²) in [7, 11) is 0. The lowest BCUT2D eigenvalue weighted by molar-refractivity contribution is -0.114. The molecule has 3 atom stereocenters. The molecule has 0 spiro atoms. The van der Waals surface area contributed by atoms with Gasteiger partial charge < -0.3 is 10.2 Å². The number of ketones is 1. The predicted molar refractivity (Wildman–Crippen MR) is 128 cm³/mol. The van der Waals surface area contributed by atoms with E-state index in [4.69, 9.17) is 5.11 Å². The molecule has 5 aliphatic rings. The number of hydrogen-bond acceptors (Lipinski definition) is 3. The maximum Gasteiger partial charge on any atom is 0.156 e. The van der Waals surface area contributed by atoms with Crippen molar-refractivity contribution >= 4 is 5.78 Å². The summed E-state index contributed by atoms with van der Waals surface area (Å²) >= 11 is 0. The zero-order valence-corrected chi connectivity index (χ0v) is 20.3. The lowest BCUT2D eigenvalue weighted by Crippen LogP contribution is -2.53. The molecule has 32 heavy (non-hydrogen) atoms. The van der Waals surface area contributed by atoms with Gasteiger partial charge in [-0.15, -0.1) is 0 Å². The molecule has 0 unspecified atom stereocenters. The van der Waals surface area contributed by atoms with Crippen LogP contribution >= 0.6 is 0 Å². The molecular formula is C29H44O3. The third-order valence-corrected chi connectivity index (χ3v) is 10.8. The van der Waals surface area contributed by atoms with Crippen molar-refractivity contribution in [1.29, 1.82) is 0 Å². The highest BCUT2D eigenvalue weighted by atomic mass is 16.3. The Morgan fingerprint density at radius 3 is 2.34 bits per heavy atom. The second kappa shape index (κ2) is 8.69. The Bertz CT molecular complexity index is 797. The summed E-state index contributed by atoms with van der Waals surface area (Å²) in [5.74, 6) is 1.57. The number of aliphatic hydroxyl groups excluding tert-OH is 1. The van der Waals surface area contributed by atoms with E-state index < -0.39 is 5.60 Å². The lowest BCUT2D eigenvalue weighted by atomic mass is 9.47. The Kier molecular flexibility index (Phi) is 6.20. The van der Waals surface area contributed by atoms with Crippen LogP contribution in [0.3, 0.4) is 0 Å². The van der Waals surface area contributed by atoms with Crippen LogP contribution in [0.2, 0.25) is 0 Å². The van der Waals surface area contributed by atoms with Crippen molar-refractivity contribution in [2.45, 2.75) is 122 Å². The van der Waals surface area contributed by atoms with Crippen LogP contribution in [-0.2, 0) is 4.79 Å². The first-order valence-electron chi connectivity index (χ1n) is 13.7. The first kappa shape index (κ1) is 22.8. The van der Waals surface area contributed by atoms with E-state index in [1.165, 1.54) is 63.4 Å². The zero-order valence-electron chi connectivity index (χ0n) is 20.3. The van der Waals surface area contributed by atoms with Crippen molar-refractivity contribution in [1.82, 2.24) is 0 Å². The van der Waals surface area contributed by atoms with Crippen molar-refractivity contribution in [2.75, 3.05) is 6.61 Å². The highest BCUT2D eigenvalue weighted by molar-refractivity contribution is 5.93. The van der Waals surface area contributed by atoms with Crippen LogP contribution in [0, 0.1) is 22.7 Å². The predicted octanol–water partition coefficient (Wildman–Crippen LogP) is 6.43. The molecule has 3 heteroatoms. The number of carbonyl (C=O) groups is 1. The van der Waals surface area contributed by atoms with Crippen LogP contribution in [0.1, 0.15) is 116 Å². The van der Waals surface area contributed by atoms with E-state index in [1.807, 2.05) is 6.08 Å². The van der Waals surface area contributed by atoms with E-state index in [1.54, 1.807) is 11.1 Å². The minimum atomic E-state index is -0.438. The summed E-state index contributed by atoms with van der Waals surface area (Å²) in [5.41, 5.74) is 4.64. The summed E-state index contributed by atoms with van der Waals surface area (Å²) in [6.45, 7) is 2.79. The molecule has 0 aromatic rings. The number of rotatable bonds is 9. The fourth-order valence-electron chi connectivity index (χ4n) is 9.14. The summed E-state index contributed by atoms with van der Waals surface area (Å²) in [4.78, 5) is 12.2. The van der Waals surface area contributed by atoms with Gasteiger partial charge in [-0.2, -0.15) is 0 Å². The van der Waals surface area contributed by atoms with Gasteiger partial charge in [0.15, 0.2) is 5.78 Å². The minimum Gasteiger partial charge on any atom is -0.396 e. The molecule has 3 saturated carbocycles. The number of unbranched alkanes of at least 4 members (excludes halogenated alkanes) is 6. The minimum absolute atomic E-state index is 0.0788. The molecule has 0 heterocycles. The molecule has 5 rings (SSSR count).